The van der Waals surface area contributed by atoms with Crippen LogP contribution in [0.4, 0.5) is 0 Å². The summed E-state index contributed by atoms with van der Waals surface area (Å²) in [6.07, 6.45) is 5.72. The fourth-order valence-corrected chi connectivity index (χ4v) is 6.41. The van der Waals surface area contributed by atoms with E-state index in [-0.39, 0.29) is 23.1 Å². The summed E-state index contributed by atoms with van der Waals surface area (Å²) in [6, 6.07) is 5.32. The Bertz CT molecular complexity index is 1040. The van der Waals surface area contributed by atoms with Gasteiger partial charge in [-0.15, -0.1) is 0 Å². The third-order valence-corrected chi connectivity index (χ3v) is 8.87. The predicted octanol–water partition coefficient (Wildman–Crippen LogP) is 4.92. The van der Waals surface area contributed by atoms with Gasteiger partial charge in [-0.05, 0) is 62.8 Å². The molecule has 8 heteroatoms. The number of benzene rings is 1. The van der Waals surface area contributed by atoms with Gasteiger partial charge in [-0.2, -0.15) is 4.31 Å². The molecule has 1 aromatic rings. The van der Waals surface area contributed by atoms with Gasteiger partial charge in [0.25, 0.3) is 5.91 Å². The Labute approximate surface area is 203 Å². The van der Waals surface area contributed by atoms with Crippen LogP contribution >= 0.6 is 11.6 Å². The highest BCUT2D eigenvalue weighted by Gasteiger charge is 2.37. The number of nitrogens with zero attached hydrogens (tertiary/aromatic N) is 2. The van der Waals surface area contributed by atoms with Gasteiger partial charge in [0, 0.05) is 47.4 Å². The molecule has 1 amide bonds. The minimum atomic E-state index is -3.19. The first kappa shape index (κ1) is 25.9. The second-order valence-corrected chi connectivity index (χ2v) is 12.7. The maximum atomic E-state index is 13.1. The molecule has 0 aliphatic carbocycles. The van der Waals surface area contributed by atoms with Crippen LogP contribution in [0.15, 0.2) is 29.8 Å². The summed E-state index contributed by atoms with van der Waals surface area (Å²) in [4.78, 5) is 14.9. The van der Waals surface area contributed by atoms with E-state index in [9.17, 15) is 13.2 Å². The summed E-state index contributed by atoms with van der Waals surface area (Å²) < 4.78 is 26.2. The molecule has 33 heavy (non-hydrogen) atoms. The number of amides is 1. The molecule has 0 bridgehead atoms. The monoisotopic (exact) mass is 493 g/mol. The van der Waals surface area contributed by atoms with Crippen molar-refractivity contribution in [3.8, 4) is 0 Å². The highest BCUT2D eigenvalue weighted by Crippen LogP contribution is 2.27. The maximum absolute atomic E-state index is 13.1. The number of sulfonamides is 1. The van der Waals surface area contributed by atoms with E-state index in [1.165, 1.54) is 0 Å². The van der Waals surface area contributed by atoms with Crippen LogP contribution in [-0.2, 0) is 16.4 Å². The molecule has 0 aromatic heterocycles. The minimum Gasteiger partial charge on any atom is -0.337 e. The van der Waals surface area contributed by atoms with Crippen LogP contribution in [-0.4, -0.2) is 60.7 Å². The zero-order valence-electron chi connectivity index (χ0n) is 20.2. The van der Waals surface area contributed by atoms with Crippen LogP contribution in [0.25, 0.3) is 0 Å². The Kier molecular flexibility index (Phi) is 8.07. The molecule has 6 nitrogen and oxygen atoms in total. The molecule has 0 spiro atoms. The van der Waals surface area contributed by atoms with Gasteiger partial charge in [0.15, 0.2) is 0 Å². The summed E-state index contributed by atoms with van der Waals surface area (Å²) in [5.74, 6) is 0.111. The van der Waals surface area contributed by atoms with Gasteiger partial charge in [-0.1, -0.05) is 44.0 Å². The normalized spacial score (nSPS) is 21.9. The zero-order chi connectivity index (χ0) is 24.4. The van der Waals surface area contributed by atoms with E-state index in [0.29, 0.717) is 42.4 Å². The molecule has 3 rings (SSSR count). The number of hydrogen-bond acceptors (Lipinski definition) is 4. The van der Waals surface area contributed by atoms with E-state index in [2.05, 4.69) is 0 Å². The van der Waals surface area contributed by atoms with Gasteiger partial charge in [0.05, 0.1) is 5.75 Å². The summed E-state index contributed by atoms with van der Waals surface area (Å²) >= 11 is 6.52. The van der Waals surface area contributed by atoms with E-state index in [0.717, 1.165) is 36.8 Å². The molecule has 2 saturated heterocycles. The van der Waals surface area contributed by atoms with Crippen LogP contribution in [0.3, 0.4) is 0 Å². The number of carbonyl (C=O) groups is 1. The van der Waals surface area contributed by atoms with Crippen LogP contribution in [0.1, 0.15) is 69.3 Å². The average molecular weight is 494 g/mol. The number of halogens is 1. The Morgan fingerprint density at radius 2 is 1.97 bits per heavy atom. The molecule has 0 saturated carbocycles. The molecule has 1 N–H and O–H groups in total. The quantitative estimate of drug-likeness (QED) is 0.570. The fraction of sp³-hybridized carbons (Fsp3) is 0.600. The predicted molar refractivity (Wildman–Crippen MR) is 135 cm³/mol. The fourth-order valence-electron chi connectivity index (χ4n) is 4.38. The van der Waals surface area contributed by atoms with Crippen molar-refractivity contribution < 1.29 is 13.2 Å². The van der Waals surface area contributed by atoms with Gasteiger partial charge in [0.2, 0.25) is 10.0 Å². The molecule has 2 heterocycles. The number of likely N-dealkylation sites (tertiary alicyclic amines) is 1. The van der Waals surface area contributed by atoms with Crippen molar-refractivity contribution in [2.75, 3.05) is 25.4 Å². The van der Waals surface area contributed by atoms with Crippen LogP contribution in [0, 0.1) is 10.8 Å². The number of allylic oxidation sites excluding steroid dienone is 2. The number of hydrogen-bond donors (Lipinski definition) is 1. The third kappa shape index (κ3) is 6.46. The van der Waals surface area contributed by atoms with Crippen molar-refractivity contribution in [2.24, 2.45) is 5.41 Å². The lowest BCUT2D eigenvalue weighted by Gasteiger charge is -2.36. The Balaban J connectivity index is 1.63. The number of carbonyl (C=O) groups excluding carboxylic acids is 1. The summed E-state index contributed by atoms with van der Waals surface area (Å²) in [6.45, 7) is 9.73. The van der Waals surface area contributed by atoms with E-state index in [1.54, 1.807) is 15.3 Å². The standard InChI is InChI=1S/C25H36ClN3O3S/c1-18(15-23(27)25(2,3)4)8-9-19-10-11-20(16-22(19)26)24(30)28-12-5-7-21(17-28)29-13-6-14-33(29,31)32/h10-11,15-16,21,27H,5-9,12-14,17H2,1-4H3/b18-15+,27-23?. The Hall–Kier alpha value is -1.70. The smallest absolute Gasteiger partial charge is 0.253 e. The Morgan fingerprint density at radius 1 is 1.24 bits per heavy atom. The van der Waals surface area contributed by atoms with E-state index < -0.39 is 10.0 Å². The lowest BCUT2D eigenvalue weighted by Crippen LogP contribution is -2.50. The van der Waals surface area contributed by atoms with Crippen LogP contribution in [0.5, 0.6) is 0 Å². The van der Waals surface area contributed by atoms with Gasteiger partial charge < -0.3 is 10.3 Å². The largest absolute Gasteiger partial charge is 0.337 e. The van der Waals surface area contributed by atoms with Crippen molar-refractivity contribution >= 4 is 33.2 Å². The Morgan fingerprint density at radius 3 is 2.58 bits per heavy atom. The van der Waals surface area contributed by atoms with Crippen molar-refractivity contribution in [3.63, 3.8) is 0 Å². The molecule has 2 fully saturated rings. The maximum Gasteiger partial charge on any atom is 0.253 e. The number of nitrogens with one attached hydrogen (secondary N) is 1. The highest BCUT2D eigenvalue weighted by atomic mass is 35.5. The molecular weight excluding hydrogens is 458 g/mol. The molecule has 2 aliphatic heterocycles. The van der Waals surface area contributed by atoms with E-state index >= 15 is 0 Å². The van der Waals surface area contributed by atoms with E-state index in [1.807, 2.05) is 45.9 Å². The van der Waals surface area contributed by atoms with Crippen molar-refractivity contribution in [3.05, 3.63) is 46.0 Å². The lowest BCUT2D eigenvalue weighted by atomic mass is 9.88. The van der Waals surface area contributed by atoms with E-state index in [4.69, 9.17) is 17.0 Å². The van der Waals surface area contributed by atoms with Crippen LogP contribution < -0.4 is 0 Å². The zero-order valence-corrected chi connectivity index (χ0v) is 21.7. The average Bonchev–Trinajstić information content (AvgIpc) is 3.10. The number of piperidine rings is 1. The van der Waals surface area contributed by atoms with Gasteiger partial charge in [0.1, 0.15) is 0 Å². The first-order valence-electron chi connectivity index (χ1n) is 11.7. The third-order valence-electron chi connectivity index (χ3n) is 6.52. The second-order valence-electron chi connectivity index (χ2n) is 10.3. The van der Waals surface area contributed by atoms with Crippen LogP contribution in [0.2, 0.25) is 5.02 Å². The molecular formula is C25H36ClN3O3S. The molecule has 0 radical (unpaired) electrons. The topological polar surface area (TPSA) is 81.5 Å². The first-order valence-corrected chi connectivity index (χ1v) is 13.7. The second kappa shape index (κ2) is 10.3. The number of aryl methyl sites for hydroxylation is 1. The van der Waals surface area contributed by atoms with Gasteiger partial charge in [-0.25, -0.2) is 8.42 Å². The lowest BCUT2D eigenvalue weighted by molar-refractivity contribution is 0.0658. The van der Waals surface area contributed by atoms with Gasteiger partial charge >= 0.3 is 0 Å². The SMILES string of the molecule is C/C(=C\C(=N)C(C)(C)C)CCc1ccc(C(=O)N2CCCC(N3CCCS3(=O)=O)C2)cc1Cl. The molecule has 1 atom stereocenters. The molecule has 182 valence electrons. The summed E-state index contributed by atoms with van der Waals surface area (Å²) in [5, 5.41) is 8.74. The molecule has 1 aromatic carbocycles. The molecule has 1 unspecified atom stereocenters. The molecule has 2 aliphatic rings. The minimum absolute atomic E-state index is 0.0977. The first-order chi connectivity index (χ1) is 15.4. The highest BCUT2D eigenvalue weighted by molar-refractivity contribution is 7.89. The van der Waals surface area contributed by atoms with Crippen molar-refractivity contribution in [2.45, 2.75) is 65.8 Å². The summed E-state index contributed by atoms with van der Waals surface area (Å²) in [7, 11) is -3.19. The number of rotatable bonds is 6. The van der Waals surface area contributed by atoms with Crippen molar-refractivity contribution in [1.82, 2.24) is 9.21 Å². The van der Waals surface area contributed by atoms with Crippen molar-refractivity contribution in [1.29, 1.82) is 5.41 Å². The summed E-state index contributed by atoms with van der Waals surface area (Å²) in [5.41, 5.74) is 3.07. The van der Waals surface area contributed by atoms with Gasteiger partial charge in [-0.3, -0.25) is 4.79 Å².